The van der Waals surface area contributed by atoms with E-state index in [4.69, 9.17) is 23.7 Å². The molecule has 2 aliphatic heterocycles. The normalized spacial score (nSPS) is 19.7. The second-order valence-corrected chi connectivity index (χ2v) is 7.02. The summed E-state index contributed by atoms with van der Waals surface area (Å²) in [6, 6.07) is 10.3. The number of ether oxygens (including phenoxy) is 5. The highest BCUT2D eigenvalue weighted by atomic mass is 19.1. The number of benzene rings is 2. The van der Waals surface area contributed by atoms with Gasteiger partial charge in [0, 0.05) is 30.5 Å². The molecule has 0 saturated heterocycles. The Labute approximate surface area is 167 Å². The fraction of sp³-hybridized carbons (Fsp3) is 0.318. The van der Waals surface area contributed by atoms with E-state index in [0.717, 1.165) is 10.9 Å². The van der Waals surface area contributed by atoms with E-state index in [0.29, 0.717) is 47.2 Å². The molecule has 5 rings (SSSR count). The molecule has 0 saturated carbocycles. The van der Waals surface area contributed by atoms with Crippen LogP contribution >= 0.6 is 0 Å². The number of hydrogen-bond donors (Lipinski definition) is 0. The molecule has 150 valence electrons. The van der Waals surface area contributed by atoms with E-state index in [1.54, 1.807) is 25.3 Å². The molecule has 0 bridgehead atoms. The summed E-state index contributed by atoms with van der Waals surface area (Å²) in [5.74, 6) is 2.05. The van der Waals surface area contributed by atoms with Crippen molar-refractivity contribution < 1.29 is 28.1 Å². The number of fused-ring (bicyclic) bond motifs is 4. The summed E-state index contributed by atoms with van der Waals surface area (Å²) < 4.78 is 43.4. The number of halogens is 1. The summed E-state index contributed by atoms with van der Waals surface area (Å²) in [5.41, 5.74) is 0.902. The summed E-state index contributed by atoms with van der Waals surface area (Å²) in [7, 11) is 1.56. The maximum Gasteiger partial charge on any atom is 0.231 e. The van der Waals surface area contributed by atoms with Gasteiger partial charge < -0.3 is 23.7 Å². The lowest BCUT2D eigenvalue weighted by molar-refractivity contribution is -0.0616. The van der Waals surface area contributed by atoms with Crippen LogP contribution in [0, 0.1) is 5.82 Å². The Morgan fingerprint density at radius 1 is 1.14 bits per heavy atom. The van der Waals surface area contributed by atoms with Gasteiger partial charge in [0.15, 0.2) is 11.5 Å². The first-order valence-corrected chi connectivity index (χ1v) is 9.47. The van der Waals surface area contributed by atoms with Crippen LogP contribution in [0.4, 0.5) is 4.39 Å². The van der Waals surface area contributed by atoms with Crippen LogP contribution in [0.2, 0.25) is 0 Å². The molecule has 0 amide bonds. The van der Waals surface area contributed by atoms with E-state index in [9.17, 15) is 4.39 Å². The van der Waals surface area contributed by atoms with Gasteiger partial charge in [0.05, 0.1) is 17.7 Å². The van der Waals surface area contributed by atoms with Crippen LogP contribution in [0.5, 0.6) is 23.1 Å². The summed E-state index contributed by atoms with van der Waals surface area (Å²) in [6.07, 6.45) is 0.368. The SMILES string of the molecule is CCOc1nc2cc3c(cc2c2c1CC(OC)(c1ccccc1F)CO2)OCO3. The molecule has 1 unspecified atom stereocenters. The third-order valence-corrected chi connectivity index (χ3v) is 5.44. The maximum atomic E-state index is 14.6. The molecule has 0 spiro atoms. The van der Waals surface area contributed by atoms with E-state index < -0.39 is 5.60 Å². The molecule has 0 N–H and O–H groups in total. The Morgan fingerprint density at radius 3 is 2.69 bits per heavy atom. The second-order valence-electron chi connectivity index (χ2n) is 7.02. The van der Waals surface area contributed by atoms with Gasteiger partial charge in [-0.3, -0.25) is 0 Å². The standard InChI is InChI=1S/C22H20FNO5/c1-3-26-21-14-10-22(25-2,15-6-4-5-7-16(15)23)11-27-20(14)13-8-18-19(29-12-28-18)9-17(13)24-21/h4-9H,3,10-12H2,1-2H3. The highest BCUT2D eigenvalue weighted by Crippen LogP contribution is 2.47. The largest absolute Gasteiger partial charge is 0.489 e. The van der Waals surface area contributed by atoms with Crippen molar-refractivity contribution in [2.45, 2.75) is 18.9 Å². The van der Waals surface area contributed by atoms with Crippen LogP contribution in [0.25, 0.3) is 10.9 Å². The molecule has 2 aliphatic rings. The summed E-state index contributed by atoms with van der Waals surface area (Å²) in [6.45, 7) is 2.67. The Balaban J connectivity index is 1.70. The van der Waals surface area contributed by atoms with Crippen LogP contribution in [-0.2, 0) is 16.8 Å². The lowest BCUT2D eigenvalue weighted by Gasteiger charge is -2.38. The van der Waals surface area contributed by atoms with Crippen molar-refractivity contribution in [3.63, 3.8) is 0 Å². The van der Waals surface area contributed by atoms with Crippen molar-refractivity contribution >= 4 is 10.9 Å². The average Bonchev–Trinajstić information content (AvgIpc) is 3.20. The summed E-state index contributed by atoms with van der Waals surface area (Å²) in [5, 5.41) is 0.797. The smallest absolute Gasteiger partial charge is 0.231 e. The van der Waals surface area contributed by atoms with Crippen LogP contribution in [-0.4, -0.2) is 32.1 Å². The molecule has 0 aliphatic carbocycles. The van der Waals surface area contributed by atoms with Gasteiger partial charge in [0.1, 0.15) is 23.8 Å². The average molecular weight is 397 g/mol. The Kier molecular flexibility index (Phi) is 4.20. The molecule has 1 aromatic heterocycles. The number of methoxy groups -OCH3 is 1. The van der Waals surface area contributed by atoms with E-state index in [1.807, 2.05) is 19.1 Å². The van der Waals surface area contributed by atoms with Gasteiger partial charge in [-0.25, -0.2) is 9.37 Å². The molecule has 3 aromatic rings. The van der Waals surface area contributed by atoms with E-state index in [2.05, 4.69) is 4.98 Å². The topological polar surface area (TPSA) is 59.0 Å². The fourth-order valence-electron chi connectivity index (χ4n) is 3.99. The molecule has 6 nitrogen and oxygen atoms in total. The zero-order chi connectivity index (χ0) is 20.0. The van der Waals surface area contributed by atoms with Gasteiger partial charge in [-0.15, -0.1) is 0 Å². The molecule has 1 atom stereocenters. The van der Waals surface area contributed by atoms with Crippen molar-refractivity contribution in [1.82, 2.24) is 4.98 Å². The molecule has 0 fully saturated rings. The molecular weight excluding hydrogens is 377 g/mol. The number of hydrogen-bond acceptors (Lipinski definition) is 6. The molecular formula is C22H20FNO5. The van der Waals surface area contributed by atoms with Gasteiger partial charge in [-0.05, 0) is 19.1 Å². The van der Waals surface area contributed by atoms with E-state index >= 15 is 0 Å². The van der Waals surface area contributed by atoms with Gasteiger partial charge >= 0.3 is 0 Å². The molecule has 29 heavy (non-hydrogen) atoms. The quantitative estimate of drug-likeness (QED) is 0.664. The minimum Gasteiger partial charge on any atom is -0.489 e. The summed E-state index contributed by atoms with van der Waals surface area (Å²) >= 11 is 0. The molecule has 7 heteroatoms. The van der Waals surface area contributed by atoms with Crippen molar-refractivity contribution in [1.29, 1.82) is 0 Å². The van der Waals surface area contributed by atoms with Gasteiger partial charge in [0.2, 0.25) is 12.7 Å². The van der Waals surface area contributed by atoms with Crippen molar-refractivity contribution in [3.8, 4) is 23.1 Å². The molecule has 0 radical (unpaired) electrons. The molecule has 3 heterocycles. The van der Waals surface area contributed by atoms with Crippen LogP contribution in [0.1, 0.15) is 18.1 Å². The van der Waals surface area contributed by atoms with Crippen LogP contribution in [0.15, 0.2) is 36.4 Å². The monoisotopic (exact) mass is 397 g/mol. The Hall–Kier alpha value is -3.06. The first-order valence-electron chi connectivity index (χ1n) is 9.47. The zero-order valence-corrected chi connectivity index (χ0v) is 16.2. The predicted octanol–water partition coefficient (Wildman–Crippen LogP) is 3.98. The maximum absolute atomic E-state index is 14.6. The number of nitrogens with zero attached hydrogens (tertiary/aromatic N) is 1. The first kappa shape index (κ1) is 18.0. The third-order valence-electron chi connectivity index (χ3n) is 5.44. The van der Waals surface area contributed by atoms with Gasteiger partial charge in [0.25, 0.3) is 0 Å². The first-order chi connectivity index (χ1) is 14.1. The number of aromatic nitrogens is 1. The highest BCUT2D eigenvalue weighted by Gasteiger charge is 2.42. The predicted molar refractivity (Wildman–Crippen MR) is 103 cm³/mol. The Bertz CT molecular complexity index is 1100. The lowest BCUT2D eigenvalue weighted by atomic mass is 9.85. The third kappa shape index (κ3) is 2.76. The van der Waals surface area contributed by atoms with E-state index in [1.165, 1.54) is 6.07 Å². The van der Waals surface area contributed by atoms with Crippen molar-refractivity contribution in [3.05, 3.63) is 53.3 Å². The minimum atomic E-state index is -0.976. The lowest BCUT2D eigenvalue weighted by Crippen LogP contribution is -2.42. The van der Waals surface area contributed by atoms with Crippen LogP contribution in [0.3, 0.4) is 0 Å². The van der Waals surface area contributed by atoms with Crippen molar-refractivity contribution in [2.24, 2.45) is 0 Å². The Morgan fingerprint density at radius 2 is 1.93 bits per heavy atom. The fourth-order valence-corrected chi connectivity index (χ4v) is 3.99. The van der Waals surface area contributed by atoms with E-state index in [-0.39, 0.29) is 19.2 Å². The zero-order valence-electron chi connectivity index (χ0n) is 16.2. The van der Waals surface area contributed by atoms with Crippen molar-refractivity contribution in [2.75, 3.05) is 27.1 Å². The highest BCUT2D eigenvalue weighted by molar-refractivity contribution is 5.91. The minimum absolute atomic E-state index is 0.163. The number of rotatable bonds is 4. The van der Waals surface area contributed by atoms with Gasteiger partial charge in [-0.2, -0.15) is 0 Å². The second kappa shape index (κ2) is 6.77. The summed E-state index contributed by atoms with van der Waals surface area (Å²) in [4.78, 5) is 4.68. The van der Waals surface area contributed by atoms with Gasteiger partial charge in [-0.1, -0.05) is 18.2 Å². The number of pyridine rings is 1. The molecule has 2 aromatic carbocycles. The van der Waals surface area contributed by atoms with Crippen LogP contribution < -0.4 is 18.9 Å².